The molecule has 1 spiro atoms. The van der Waals surface area contributed by atoms with E-state index in [1.807, 2.05) is 6.07 Å². The van der Waals surface area contributed by atoms with Crippen LogP contribution >= 0.6 is 0 Å². The van der Waals surface area contributed by atoms with E-state index in [1.165, 1.54) is 12.8 Å². The van der Waals surface area contributed by atoms with Gasteiger partial charge in [0, 0.05) is 29.6 Å². The molecular weight excluding hydrogens is 370 g/mol. The molecule has 6 nitrogen and oxygen atoms in total. The van der Waals surface area contributed by atoms with Gasteiger partial charge in [-0.1, -0.05) is 12.6 Å². The molecule has 152 valence electrons. The van der Waals surface area contributed by atoms with Gasteiger partial charge in [0.05, 0.1) is 11.0 Å². The van der Waals surface area contributed by atoms with E-state index >= 15 is 0 Å². The lowest BCUT2D eigenvalue weighted by atomic mass is 9.47. The molecule has 6 atom stereocenters. The maximum atomic E-state index is 12.4. The number of aromatic hydroxyl groups is 1. The fraction of sp³-hybridized carbons (Fsp3) is 0.609. The highest BCUT2D eigenvalue weighted by Crippen LogP contribution is 2.67. The number of rotatable bonds is 2. The van der Waals surface area contributed by atoms with Crippen molar-refractivity contribution in [3.05, 3.63) is 35.4 Å². The first-order valence-electron chi connectivity index (χ1n) is 10.8. The SMILES string of the molecule is C=C1C(=O)OC2C1CC1(O)[C@H]3Cc4ccc(O)c5c4[C@@]1(CCN3CC1CC1)C2O5. The fourth-order valence-electron chi connectivity index (χ4n) is 7.28. The van der Waals surface area contributed by atoms with Gasteiger partial charge in [0.2, 0.25) is 0 Å². The Morgan fingerprint density at radius 1 is 1.28 bits per heavy atom. The van der Waals surface area contributed by atoms with Crippen molar-refractivity contribution in [3.8, 4) is 11.5 Å². The van der Waals surface area contributed by atoms with Crippen molar-refractivity contribution in [2.75, 3.05) is 13.1 Å². The van der Waals surface area contributed by atoms with Gasteiger partial charge in [-0.05, 0) is 56.2 Å². The molecule has 4 fully saturated rings. The van der Waals surface area contributed by atoms with Gasteiger partial charge in [-0.2, -0.15) is 0 Å². The number of ether oxygens (including phenoxy) is 2. The summed E-state index contributed by atoms with van der Waals surface area (Å²) in [5.41, 5.74) is 0.872. The maximum absolute atomic E-state index is 12.4. The van der Waals surface area contributed by atoms with Crippen LogP contribution in [0, 0.1) is 11.8 Å². The van der Waals surface area contributed by atoms with Crippen LogP contribution < -0.4 is 4.74 Å². The smallest absolute Gasteiger partial charge is 0.334 e. The van der Waals surface area contributed by atoms with Crippen molar-refractivity contribution in [3.63, 3.8) is 0 Å². The number of aliphatic hydroxyl groups is 1. The minimum atomic E-state index is -1.03. The highest BCUT2D eigenvalue weighted by molar-refractivity contribution is 5.91. The minimum absolute atomic E-state index is 0.0182. The number of carbonyl (C=O) groups excluding carboxylic acids is 1. The van der Waals surface area contributed by atoms with Gasteiger partial charge < -0.3 is 19.7 Å². The largest absolute Gasteiger partial charge is 0.504 e. The molecule has 2 N–H and O–H groups in total. The molecule has 2 saturated heterocycles. The lowest BCUT2D eigenvalue weighted by molar-refractivity contribution is -0.217. The van der Waals surface area contributed by atoms with Crippen LogP contribution in [0.1, 0.15) is 36.8 Å². The number of piperidine rings is 1. The lowest BCUT2D eigenvalue weighted by Crippen LogP contribution is -2.78. The van der Waals surface area contributed by atoms with Crippen LogP contribution in [-0.2, 0) is 21.4 Å². The quantitative estimate of drug-likeness (QED) is 0.586. The standard InChI is InChI=1S/C23H25NO5/c1-11-14-9-23(27)16-8-13-4-5-15(25)19-17(13)22(23,6-7-24(16)10-12-2-3-12)20(28-19)18(14)29-21(11)26/h4-5,12,14,16,18,20,25,27H,1-3,6-10H2/t14?,16-,18?,20?,22+,23?/m1/s1. The van der Waals surface area contributed by atoms with Gasteiger partial charge in [0.15, 0.2) is 11.5 Å². The lowest BCUT2D eigenvalue weighted by Gasteiger charge is -2.64. The summed E-state index contributed by atoms with van der Waals surface area (Å²) >= 11 is 0. The predicted octanol–water partition coefficient (Wildman–Crippen LogP) is 1.66. The number of benzene rings is 1. The number of esters is 1. The summed E-state index contributed by atoms with van der Waals surface area (Å²) in [6, 6.07) is 3.67. The Bertz CT molecular complexity index is 986. The number of nitrogens with zero attached hydrogens (tertiary/aromatic N) is 1. The van der Waals surface area contributed by atoms with E-state index in [1.54, 1.807) is 6.07 Å². The normalized spacial score (nSPS) is 44.2. The van der Waals surface area contributed by atoms with E-state index in [-0.39, 0.29) is 23.7 Å². The zero-order chi connectivity index (χ0) is 19.7. The molecule has 6 heteroatoms. The van der Waals surface area contributed by atoms with Gasteiger partial charge in [-0.25, -0.2) is 4.79 Å². The zero-order valence-electron chi connectivity index (χ0n) is 16.3. The molecular formula is C23H25NO5. The van der Waals surface area contributed by atoms with Gasteiger partial charge in [-0.15, -0.1) is 0 Å². The zero-order valence-corrected chi connectivity index (χ0v) is 16.3. The van der Waals surface area contributed by atoms with Crippen molar-refractivity contribution in [2.24, 2.45) is 11.8 Å². The molecule has 3 aliphatic heterocycles. The Morgan fingerprint density at radius 2 is 2.10 bits per heavy atom. The Labute approximate surface area is 169 Å². The summed E-state index contributed by atoms with van der Waals surface area (Å²) in [6.07, 6.45) is 3.55. The molecule has 2 saturated carbocycles. The van der Waals surface area contributed by atoms with Gasteiger partial charge >= 0.3 is 5.97 Å². The van der Waals surface area contributed by atoms with Crippen molar-refractivity contribution in [2.45, 2.75) is 61.4 Å². The number of fused-ring (bicyclic) bond motifs is 2. The second kappa shape index (κ2) is 4.98. The second-order valence-corrected chi connectivity index (χ2v) is 10.00. The second-order valence-electron chi connectivity index (χ2n) is 10.00. The molecule has 1 aromatic rings. The molecule has 4 unspecified atom stereocenters. The average Bonchev–Trinajstić information content (AvgIpc) is 3.37. The number of hydrogen-bond acceptors (Lipinski definition) is 6. The van der Waals surface area contributed by atoms with E-state index in [0.29, 0.717) is 17.7 Å². The number of carbonyl (C=O) groups is 1. The summed E-state index contributed by atoms with van der Waals surface area (Å²) in [4.78, 5) is 14.9. The number of hydrogen-bond donors (Lipinski definition) is 2. The monoisotopic (exact) mass is 395 g/mol. The molecule has 7 rings (SSSR count). The van der Waals surface area contributed by atoms with Crippen molar-refractivity contribution >= 4 is 5.97 Å². The number of phenolic OH excluding ortho intramolecular Hbond substituents is 1. The van der Waals surface area contributed by atoms with Crippen molar-refractivity contribution in [1.29, 1.82) is 0 Å². The predicted molar refractivity (Wildman–Crippen MR) is 103 cm³/mol. The molecule has 29 heavy (non-hydrogen) atoms. The highest BCUT2D eigenvalue weighted by Gasteiger charge is 2.76. The van der Waals surface area contributed by atoms with Crippen LogP contribution in [0.2, 0.25) is 0 Å². The maximum Gasteiger partial charge on any atom is 0.334 e. The summed E-state index contributed by atoms with van der Waals surface area (Å²) in [7, 11) is 0. The Hall–Kier alpha value is -2.05. The Morgan fingerprint density at radius 3 is 2.90 bits per heavy atom. The van der Waals surface area contributed by atoms with Crippen LogP contribution in [0.25, 0.3) is 0 Å². The van der Waals surface area contributed by atoms with Gasteiger partial charge in [-0.3, -0.25) is 4.90 Å². The van der Waals surface area contributed by atoms with Crippen LogP contribution in [0.3, 0.4) is 0 Å². The Balaban J connectivity index is 1.46. The van der Waals surface area contributed by atoms with E-state index in [4.69, 9.17) is 9.47 Å². The molecule has 6 aliphatic rings. The molecule has 0 radical (unpaired) electrons. The summed E-state index contributed by atoms with van der Waals surface area (Å²) in [5, 5.41) is 23.0. The van der Waals surface area contributed by atoms with Gasteiger partial charge in [0.25, 0.3) is 0 Å². The van der Waals surface area contributed by atoms with E-state index < -0.39 is 23.2 Å². The molecule has 3 heterocycles. The van der Waals surface area contributed by atoms with E-state index in [2.05, 4.69) is 11.5 Å². The van der Waals surface area contributed by atoms with Crippen LogP contribution in [0.4, 0.5) is 0 Å². The molecule has 3 aliphatic carbocycles. The number of phenols is 1. The molecule has 2 bridgehead atoms. The molecule has 0 amide bonds. The highest BCUT2D eigenvalue weighted by atomic mass is 16.6. The van der Waals surface area contributed by atoms with Crippen LogP contribution in [0.15, 0.2) is 24.3 Å². The van der Waals surface area contributed by atoms with Crippen molar-refractivity contribution < 1.29 is 24.5 Å². The summed E-state index contributed by atoms with van der Waals surface area (Å²) < 4.78 is 12.1. The van der Waals surface area contributed by atoms with Gasteiger partial charge in [0.1, 0.15) is 12.2 Å². The first-order valence-corrected chi connectivity index (χ1v) is 10.8. The fourth-order valence-corrected chi connectivity index (χ4v) is 7.28. The number of likely N-dealkylation sites (tertiary alicyclic amines) is 1. The van der Waals surface area contributed by atoms with E-state index in [0.717, 1.165) is 43.0 Å². The van der Waals surface area contributed by atoms with Crippen LogP contribution in [-0.4, -0.2) is 58.0 Å². The third-order valence-corrected chi connectivity index (χ3v) is 8.74. The first kappa shape index (κ1) is 16.7. The topological polar surface area (TPSA) is 79.2 Å². The third-order valence-electron chi connectivity index (χ3n) is 8.74. The summed E-state index contributed by atoms with van der Waals surface area (Å²) in [5.74, 6) is 0.699. The van der Waals surface area contributed by atoms with Crippen LogP contribution in [0.5, 0.6) is 11.5 Å². The van der Waals surface area contributed by atoms with Crippen molar-refractivity contribution in [1.82, 2.24) is 4.90 Å². The van der Waals surface area contributed by atoms with E-state index in [9.17, 15) is 15.0 Å². The summed E-state index contributed by atoms with van der Waals surface area (Å²) in [6.45, 7) is 5.90. The average molecular weight is 395 g/mol. The first-order chi connectivity index (χ1) is 13.9. The minimum Gasteiger partial charge on any atom is -0.504 e. The molecule has 1 aromatic carbocycles. The molecule has 0 aromatic heterocycles. The third kappa shape index (κ3) is 1.76. The Kier molecular flexibility index (Phi) is 2.87.